The molecule has 0 aromatic heterocycles. The highest BCUT2D eigenvalue weighted by Crippen LogP contribution is 2.19. The van der Waals surface area contributed by atoms with Gasteiger partial charge in [-0.25, -0.2) is 13.1 Å². The lowest BCUT2D eigenvalue weighted by atomic mass is 10.1. The van der Waals surface area contributed by atoms with E-state index in [1.54, 1.807) is 6.07 Å². The van der Waals surface area contributed by atoms with Gasteiger partial charge in [-0.1, -0.05) is 43.5 Å². The highest BCUT2D eigenvalue weighted by molar-refractivity contribution is 7.88. The number of sulfonamides is 1. The molecule has 0 spiro atoms. The number of nitrogens with two attached hydrogens (primary N) is 1. The largest absolute Gasteiger partial charge is 0.391 e. The number of aliphatic hydroxyl groups is 1. The van der Waals surface area contributed by atoms with Crippen LogP contribution in [0.15, 0.2) is 24.3 Å². The van der Waals surface area contributed by atoms with E-state index in [0.717, 1.165) is 24.8 Å². The molecule has 1 fully saturated rings. The Labute approximate surface area is 126 Å². The van der Waals surface area contributed by atoms with Crippen molar-refractivity contribution in [3.05, 3.63) is 35.4 Å². The number of hydrogen-bond donors (Lipinski definition) is 3. The predicted molar refractivity (Wildman–Crippen MR) is 83.0 cm³/mol. The number of nitrogens with one attached hydrogen (secondary N) is 1. The summed E-state index contributed by atoms with van der Waals surface area (Å²) in [6.07, 6.45) is 3.73. The third-order valence-electron chi connectivity index (χ3n) is 3.89. The topological polar surface area (TPSA) is 92.4 Å². The predicted octanol–water partition coefficient (Wildman–Crippen LogP) is 1.26. The Kier molecular flexibility index (Phi) is 5.75. The van der Waals surface area contributed by atoms with Crippen LogP contribution < -0.4 is 10.5 Å². The lowest BCUT2D eigenvalue weighted by Crippen LogP contribution is -2.43. The molecule has 0 saturated heterocycles. The molecule has 2 rings (SSSR count). The fraction of sp³-hybridized carbons (Fsp3) is 0.600. The minimum atomic E-state index is -3.46. The molecule has 1 aliphatic carbocycles. The van der Waals surface area contributed by atoms with Crippen LogP contribution in [0.5, 0.6) is 0 Å². The minimum absolute atomic E-state index is 0.0793. The van der Waals surface area contributed by atoms with E-state index in [1.165, 1.54) is 0 Å². The van der Waals surface area contributed by atoms with E-state index in [-0.39, 0.29) is 11.8 Å². The Morgan fingerprint density at radius 1 is 1.19 bits per heavy atom. The van der Waals surface area contributed by atoms with Crippen LogP contribution >= 0.6 is 0 Å². The van der Waals surface area contributed by atoms with Crippen LogP contribution in [0.25, 0.3) is 0 Å². The summed E-state index contributed by atoms with van der Waals surface area (Å²) in [7, 11) is -3.46. The molecule has 1 saturated carbocycles. The van der Waals surface area contributed by atoms with Gasteiger partial charge >= 0.3 is 0 Å². The van der Waals surface area contributed by atoms with Crippen molar-refractivity contribution < 1.29 is 13.5 Å². The van der Waals surface area contributed by atoms with Gasteiger partial charge in [-0.05, 0) is 24.0 Å². The molecule has 0 amide bonds. The smallest absolute Gasteiger partial charge is 0.216 e. The van der Waals surface area contributed by atoms with Crippen LogP contribution in [0.3, 0.4) is 0 Å². The van der Waals surface area contributed by atoms with Crippen molar-refractivity contribution in [3.8, 4) is 0 Å². The zero-order chi connectivity index (χ0) is 15.3. The quantitative estimate of drug-likeness (QED) is 0.714. The zero-order valence-electron chi connectivity index (χ0n) is 12.2. The van der Waals surface area contributed by atoms with Crippen molar-refractivity contribution in [2.75, 3.05) is 0 Å². The van der Waals surface area contributed by atoms with E-state index in [1.807, 2.05) is 18.2 Å². The molecule has 1 aromatic carbocycles. The highest BCUT2D eigenvalue weighted by atomic mass is 32.2. The number of aliphatic hydroxyl groups excluding tert-OH is 1. The molecule has 1 aromatic rings. The summed E-state index contributed by atoms with van der Waals surface area (Å²) in [4.78, 5) is 0. The van der Waals surface area contributed by atoms with Gasteiger partial charge in [0.1, 0.15) is 0 Å². The Hall–Kier alpha value is -0.950. The Bertz CT molecular complexity index is 560. The molecule has 2 unspecified atom stereocenters. The van der Waals surface area contributed by atoms with Gasteiger partial charge < -0.3 is 10.8 Å². The van der Waals surface area contributed by atoms with Crippen molar-refractivity contribution in [2.45, 2.75) is 56.5 Å². The van der Waals surface area contributed by atoms with E-state index >= 15 is 0 Å². The molecule has 4 N–H and O–H groups in total. The maximum absolute atomic E-state index is 12.3. The molecule has 0 heterocycles. The summed E-state index contributed by atoms with van der Waals surface area (Å²) in [5, 5.41) is 10.0. The molecular formula is C15H24N2O3S. The molecular weight excluding hydrogens is 288 g/mol. The third-order valence-corrected chi connectivity index (χ3v) is 5.27. The first kappa shape index (κ1) is 16.4. The molecule has 1 aliphatic rings. The second-order valence-corrected chi connectivity index (χ2v) is 7.47. The fourth-order valence-corrected chi connectivity index (χ4v) is 4.20. The Morgan fingerprint density at radius 2 is 1.90 bits per heavy atom. The summed E-state index contributed by atoms with van der Waals surface area (Å²) in [6.45, 7) is 0.392. The summed E-state index contributed by atoms with van der Waals surface area (Å²) in [6, 6.07) is 6.91. The van der Waals surface area contributed by atoms with Crippen molar-refractivity contribution in [1.29, 1.82) is 0 Å². The molecule has 21 heavy (non-hydrogen) atoms. The van der Waals surface area contributed by atoms with Gasteiger partial charge in [0.25, 0.3) is 0 Å². The van der Waals surface area contributed by atoms with E-state index < -0.39 is 16.1 Å². The van der Waals surface area contributed by atoms with Crippen LogP contribution in [0.1, 0.15) is 43.2 Å². The molecule has 0 aliphatic heterocycles. The molecule has 5 nitrogen and oxygen atoms in total. The maximum atomic E-state index is 12.3. The summed E-state index contributed by atoms with van der Waals surface area (Å²) >= 11 is 0. The molecule has 2 atom stereocenters. The molecule has 118 valence electrons. The van der Waals surface area contributed by atoms with Crippen LogP contribution in [0, 0.1) is 0 Å². The molecule has 0 bridgehead atoms. The number of rotatable bonds is 5. The normalized spacial score (nSPS) is 23.7. The van der Waals surface area contributed by atoms with Gasteiger partial charge in [-0.2, -0.15) is 0 Å². The summed E-state index contributed by atoms with van der Waals surface area (Å²) in [5.41, 5.74) is 7.20. The van der Waals surface area contributed by atoms with Crippen molar-refractivity contribution in [2.24, 2.45) is 5.73 Å². The van der Waals surface area contributed by atoms with Crippen molar-refractivity contribution in [3.63, 3.8) is 0 Å². The van der Waals surface area contributed by atoms with Gasteiger partial charge in [0.15, 0.2) is 0 Å². The maximum Gasteiger partial charge on any atom is 0.216 e. The van der Waals surface area contributed by atoms with Gasteiger partial charge in [-0.15, -0.1) is 0 Å². The van der Waals surface area contributed by atoms with Crippen molar-refractivity contribution in [1.82, 2.24) is 4.72 Å². The average Bonchev–Trinajstić information content (AvgIpc) is 2.63. The SMILES string of the molecule is NCc1cccc(CS(=O)(=O)NC2CCCCCC2O)c1. The number of benzene rings is 1. The summed E-state index contributed by atoms with van der Waals surface area (Å²) < 4.78 is 27.2. The third kappa shape index (κ3) is 5.07. The minimum Gasteiger partial charge on any atom is -0.391 e. The fourth-order valence-electron chi connectivity index (χ4n) is 2.76. The van der Waals surface area contributed by atoms with Crippen LogP contribution in [-0.2, 0) is 22.3 Å². The zero-order valence-corrected chi connectivity index (χ0v) is 13.0. The first-order valence-electron chi connectivity index (χ1n) is 7.46. The van der Waals surface area contributed by atoms with Crippen LogP contribution in [0.4, 0.5) is 0 Å². The molecule has 0 radical (unpaired) electrons. The van der Waals surface area contributed by atoms with Gasteiger partial charge in [-0.3, -0.25) is 0 Å². The van der Waals surface area contributed by atoms with E-state index in [9.17, 15) is 13.5 Å². The molecule has 6 heteroatoms. The second kappa shape index (κ2) is 7.35. The van der Waals surface area contributed by atoms with E-state index in [2.05, 4.69) is 4.72 Å². The Balaban J connectivity index is 2.03. The van der Waals surface area contributed by atoms with E-state index in [0.29, 0.717) is 24.9 Å². The lowest BCUT2D eigenvalue weighted by Gasteiger charge is -2.21. The summed E-state index contributed by atoms with van der Waals surface area (Å²) in [5.74, 6) is -0.0793. The van der Waals surface area contributed by atoms with Gasteiger partial charge in [0, 0.05) is 12.6 Å². The first-order chi connectivity index (χ1) is 10.00. The lowest BCUT2D eigenvalue weighted by molar-refractivity contribution is 0.130. The van der Waals surface area contributed by atoms with E-state index in [4.69, 9.17) is 5.73 Å². The van der Waals surface area contributed by atoms with Gasteiger partial charge in [0.05, 0.1) is 11.9 Å². The Morgan fingerprint density at radius 3 is 2.67 bits per heavy atom. The first-order valence-corrected chi connectivity index (χ1v) is 9.11. The standard InChI is InChI=1S/C15H24N2O3S/c16-10-12-5-4-6-13(9-12)11-21(19,20)17-14-7-2-1-3-8-15(14)18/h4-6,9,14-15,17-18H,1-3,7-8,10-11,16H2. The van der Waals surface area contributed by atoms with Crippen molar-refractivity contribution >= 4 is 10.0 Å². The second-order valence-electron chi connectivity index (χ2n) is 5.71. The van der Waals surface area contributed by atoms with Crippen LogP contribution in [0.2, 0.25) is 0 Å². The van der Waals surface area contributed by atoms with Crippen LogP contribution in [-0.4, -0.2) is 25.7 Å². The average molecular weight is 312 g/mol. The number of hydrogen-bond acceptors (Lipinski definition) is 4. The van der Waals surface area contributed by atoms with Gasteiger partial charge in [0.2, 0.25) is 10.0 Å². The monoisotopic (exact) mass is 312 g/mol. The highest BCUT2D eigenvalue weighted by Gasteiger charge is 2.26.